The van der Waals surface area contributed by atoms with E-state index in [-0.39, 0.29) is 0 Å². The van der Waals surface area contributed by atoms with Gasteiger partial charge in [0.15, 0.2) is 0 Å². The number of rotatable bonds is 7. The van der Waals surface area contributed by atoms with Gasteiger partial charge >= 0.3 is 0 Å². The van der Waals surface area contributed by atoms with Gasteiger partial charge in [0.2, 0.25) is 0 Å². The molecule has 0 radical (unpaired) electrons. The SMILES string of the molecule is C1=CCC2C=C(N(c3ccc(-c4ccc(N(c5ccc6ccccc6c5)c5cccc6ccccc56)cc4)cc3)c3cccc4ccccc34)C=CC2=C1. The molecular formula is C52H38N2. The molecule has 1 unspecified atom stereocenters. The van der Waals surface area contributed by atoms with Crippen molar-refractivity contribution in [1.82, 2.24) is 0 Å². The zero-order valence-electron chi connectivity index (χ0n) is 29.9. The molecule has 0 aromatic heterocycles. The molecule has 2 nitrogen and oxygen atoms in total. The van der Waals surface area contributed by atoms with Crippen molar-refractivity contribution in [3.05, 3.63) is 224 Å². The topological polar surface area (TPSA) is 6.48 Å². The fourth-order valence-corrected chi connectivity index (χ4v) is 8.18. The first-order valence-corrected chi connectivity index (χ1v) is 18.8. The maximum Gasteiger partial charge on any atom is 0.0540 e. The Balaban J connectivity index is 1.03. The van der Waals surface area contributed by atoms with E-state index in [4.69, 9.17) is 0 Å². The highest BCUT2D eigenvalue weighted by atomic mass is 15.2. The first-order valence-electron chi connectivity index (χ1n) is 18.8. The average Bonchev–Trinajstić information content (AvgIpc) is 3.24. The van der Waals surface area contributed by atoms with Gasteiger partial charge in [-0.1, -0.05) is 158 Å². The molecule has 54 heavy (non-hydrogen) atoms. The van der Waals surface area contributed by atoms with E-state index in [9.17, 15) is 0 Å². The third-order valence-electron chi connectivity index (χ3n) is 10.9. The quantitative estimate of drug-likeness (QED) is 0.164. The molecule has 0 saturated carbocycles. The second-order valence-corrected chi connectivity index (χ2v) is 14.2. The molecule has 0 spiro atoms. The number of hydrogen-bond acceptors (Lipinski definition) is 2. The Labute approximate surface area is 316 Å². The van der Waals surface area contributed by atoms with Crippen LogP contribution >= 0.6 is 0 Å². The lowest BCUT2D eigenvalue weighted by Crippen LogP contribution is -2.19. The molecule has 0 saturated heterocycles. The predicted molar refractivity (Wildman–Crippen MR) is 230 cm³/mol. The van der Waals surface area contributed by atoms with Gasteiger partial charge in [-0.2, -0.15) is 0 Å². The molecule has 0 amide bonds. The number of nitrogens with zero attached hydrogens (tertiary/aromatic N) is 2. The fraction of sp³-hybridized carbons (Fsp3) is 0.0385. The van der Waals surface area contributed by atoms with Crippen molar-refractivity contribution in [2.45, 2.75) is 6.42 Å². The lowest BCUT2D eigenvalue weighted by Gasteiger charge is -2.31. The molecular weight excluding hydrogens is 653 g/mol. The van der Waals surface area contributed by atoms with Crippen molar-refractivity contribution in [2.24, 2.45) is 5.92 Å². The number of hydrogen-bond donors (Lipinski definition) is 0. The highest BCUT2D eigenvalue weighted by molar-refractivity contribution is 6.01. The summed E-state index contributed by atoms with van der Waals surface area (Å²) in [5.74, 6) is 0.383. The average molecular weight is 691 g/mol. The van der Waals surface area contributed by atoms with Crippen LogP contribution in [0.4, 0.5) is 28.4 Å². The van der Waals surface area contributed by atoms with Gasteiger partial charge in [-0.05, 0) is 99.3 Å². The Kier molecular flexibility index (Phi) is 8.00. The highest BCUT2D eigenvalue weighted by Crippen LogP contribution is 2.42. The first kappa shape index (κ1) is 31.8. The van der Waals surface area contributed by atoms with Crippen LogP contribution in [0.15, 0.2) is 224 Å². The number of anilines is 5. The smallest absolute Gasteiger partial charge is 0.0540 e. The molecule has 2 heteroatoms. The van der Waals surface area contributed by atoms with Crippen molar-refractivity contribution >= 4 is 60.8 Å². The van der Waals surface area contributed by atoms with Crippen molar-refractivity contribution in [2.75, 3.05) is 9.80 Å². The van der Waals surface area contributed by atoms with Crippen LogP contribution in [-0.2, 0) is 0 Å². The minimum atomic E-state index is 0.383. The van der Waals surface area contributed by atoms with E-state index in [1.807, 2.05) is 0 Å². The van der Waals surface area contributed by atoms with Gasteiger partial charge < -0.3 is 9.80 Å². The summed E-state index contributed by atoms with van der Waals surface area (Å²) in [4.78, 5) is 4.81. The third kappa shape index (κ3) is 5.79. The molecule has 0 aliphatic heterocycles. The van der Waals surface area contributed by atoms with E-state index in [0.29, 0.717) is 5.92 Å². The van der Waals surface area contributed by atoms with E-state index in [0.717, 1.165) is 29.2 Å². The van der Waals surface area contributed by atoms with Crippen LogP contribution in [0.2, 0.25) is 0 Å². The highest BCUT2D eigenvalue weighted by Gasteiger charge is 2.22. The van der Waals surface area contributed by atoms with Gasteiger partial charge in [0, 0.05) is 39.4 Å². The van der Waals surface area contributed by atoms with Crippen molar-refractivity contribution in [1.29, 1.82) is 0 Å². The van der Waals surface area contributed by atoms with Crippen LogP contribution in [0, 0.1) is 5.92 Å². The maximum atomic E-state index is 2.43. The molecule has 0 N–H and O–H groups in total. The van der Waals surface area contributed by atoms with Crippen LogP contribution < -0.4 is 9.80 Å². The molecule has 0 heterocycles. The van der Waals surface area contributed by atoms with Crippen LogP contribution in [0.25, 0.3) is 43.4 Å². The zero-order chi connectivity index (χ0) is 35.8. The largest absolute Gasteiger partial charge is 0.310 e. The van der Waals surface area contributed by atoms with Crippen molar-refractivity contribution in [3.8, 4) is 11.1 Å². The second-order valence-electron chi connectivity index (χ2n) is 14.2. The maximum absolute atomic E-state index is 2.43. The van der Waals surface area contributed by atoms with E-state index in [1.165, 1.54) is 60.4 Å². The molecule has 2 aliphatic carbocycles. The second kappa shape index (κ2) is 13.6. The molecule has 1 atom stereocenters. The van der Waals surface area contributed by atoms with Gasteiger partial charge in [0.25, 0.3) is 0 Å². The summed E-state index contributed by atoms with van der Waals surface area (Å²) in [6, 6.07) is 63.9. The first-order chi connectivity index (χ1) is 26.8. The van der Waals surface area contributed by atoms with Gasteiger partial charge in [0.05, 0.1) is 11.4 Å². The minimum absolute atomic E-state index is 0.383. The molecule has 8 aromatic carbocycles. The Bertz CT molecular complexity index is 2790. The van der Waals surface area contributed by atoms with Gasteiger partial charge in [-0.15, -0.1) is 0 Å². The summed E-state index contributed by atoms with van der Waals surface area (Å²) in [7, 11) is 0. The fourth-order valence-electron chi connectivity index (χ4n) is 8.18. The molecule has 8 aromatic rings. The molecule has 10 rings (SSSR count). The molecule has 2 aliphatic rings. The summed E-state index contributed by atoms with van der Waals surface area (Å²) < 4.78 is 0. The van der Waals surface area contributed by atoms with Gasteiger partial charge in [-0.25, -0.2) is 0 Å². The Hall–Kier alpha value is -6.90. The normalized spacial score (nSPS) is 14.9. The number of allylic oxidation sites excluding steroid dienone is 7. The summed E-state index contributed by atoms with van der Waals surface area (Å²) in [6.45, 7) is 0. The molecule has 0 bridgehead atoms. The third-order valence-corrected chi connectivity index (χ3v) is 10.9. The van der Waals surface area contributed by atoms with E-state index >= 15 is 0 Å². The Morgan fingerprint density at radius 1 is 0.426 bits per heavy atom. The molecule has 0 fully saturated rings. The summed E-state index contributed by atoms with van der Waals surface area (Å²) in [5, 5.41) is 7.38. The monoisotopic (exact) mass is 690 g/mol. The van der Waals surface area contributed by atoms with Gasteiger partial charge in [0.1, 0.15) is 0 Å². The summed E-state index contributed by atoms with van der Waals surface area (Å²) >= 11 is 0. The van der Waals surface area contributed by atoms with Gasteiger partial charge in [-0.3, -0.25) is 0 Å². The van der Waals surface area contributed by atoms with E-state index in [1.54, 1.807) is 0 Å². The van der Waals surface area contributed by atoms with Crippen LogP contribution in [0.5, 0.6) is 0 Å². The lowest BCUT2D eigenvalue weighted by molar-refractivity contribution is 0.769. The van der Waals surface area contributed by atoms with E-state index in [2.05, 4.69) is 222 Å². The Morgan fingerprint density at radius 2 is 0.963 bits per heavy atom. The summed E-state index contributed by atoms with van der Waals surface area (Å²) in [5.41, 5.74) is 10.7. The van der Waals surface area contributed by atoms with Crippen LogP contribution in [0.1, 0.15) is 6.42 Å². The lowest BCUT2D eigenvalue weighted by atomic mass is 9.87. The molecule has 256 valence electrons. The van der Waals surface area contributed by atoms with E-state index < -0.39 is 0 Å². The van der Waals surface area contributed by atoms with Crippen LogP contribution in [0.3, 0.4) is 0 Å². The van der Waals surface area contributed by atoms with Crippen molar-refractivity contribution < 1.29 is 0 Å². The number of benzene rings is 8. The van der Waals surface area contributed by atoms with Crippen molar-refractivity contribution in [3.63, 3.8) is 0 Å². The Morgan fingerprint density at radius 3 is 1.63 bits per heavy atom. The number of fused-ring (bicyclic) bond motifs is 4. The standard InChI is InChI=1S/C52H38N2/c1-3-15-43-35-47(33-27-37(43)11-1)53(51-21-9-17-41-13-5-7-19-49(41)51)45-29-23-39(24-30-45)40-25-31-46(32-26-40)54(48-34-28-38-12-2-4-16-44(38)36-48)52-22-10-18-42-14-6-8-20-50(42)52/h1-15,17-36,44H,16H2. The van der Waals surface area contributed by atoms with Crippen LogP contribution in [-0.4, -0.2) is 0 Å². The predicted octanol–water partition coefficient (Wildman–Crippen LogP) is 14.4. The minimum Gasteiger partial charge on any atom is -0.310 e. The summed E-state index contributed by atoms with van der Waals surface area (Å²) in [6.07, 6.45) is 14.7. The zero-order valence-corrected chi connectivity index (χ0v) is 29.9.